The van der Waals surface area contributed by atoms with Crippen LogP contribution in [0.5, 0.6) is 5.75 Å². The van der Waals surface area contributed by atoms with Gasteiger partial charge in [0.1, 0.15) is 5.75 Å². The summed E-state index contributed by atoms with van der Waals surface area (Å²) < 4.78 is 5.63. The molecule has 24 heavy (non-hydrogen) atoms. The van der Waals surface area contributed by atoms with E-state index < -0.39 is 0 Å². The molecule has 0 bridgehead atoms. The molecule has 1 fully saturated rings. The molecule has 134 valence electrons. The van der Waals surface area contributed by atoms with E-state index in [4.69, 9.17) is 4.74 Å². The number of benzene rings is 1. The summed E-state index contributed by atoms with van der Waals surface area (Å²) in [6.07, 6.45) is 4.24. The molecule has 1 aliphatic rings. The van der Waals surface area contributed by atoms with E-state index in [1.54, 1.807) is 0 Å². The van der Waals surface area contributed by atoms with Crippen LogP contribution in [0, 0.1) is 5.92 Å². The van der Waals surface area contributed by atoms with Gasteiger partial charge >= 0.3 is 6.09 Å². The van der Waals surface area contributed by atoms with Crippen LogP contribution in [0.15, 0.2) is 24.3 Å². The summed E-state index contributed by atoms with van der Waals surface area (Å²) in [5.74, 6) is 1.69. The van der Waals surface area contributed by atoms with Crippen LogP contribution >= 0.6 is 0 Å². The van der Waals surface area contributed by atoms with E-state index in [-0.39, 0.29) is 6.09 Å². The Kier molecular flexibility index (Phi) is 7.10. The number of carbonyl (C=O) groups excluding carboxylic acids is 1. The standard InChI is InChI=1S/C20H32N2O2/c1-5-19(16(2)15-21(3)4)17-10-9-11-18(14-17)24-20(23)22-12-7-6-8-13-22/h9-11,14,16,19H,5-8,12-13,15H2,1-4H3. The summed E-state index contributed by atoms with van der Waals surface area (Å²) in [6, 6.07) is 8.08. The Morgan fingerprint density at radius 2 is 1.96 bits per heavy atom. The smallest absolute Gasteiger partial charge is 0.410 e. The molecule has 0 radical (unpaired) electrons. The van der Waals surface area contributed by atoms with Crippen molar-refractivity contribution in [2.24, 2.45) is 5.92 Å². The molecule has 4 heteroatoms. The number of piperidine rings is 1. The first-order valence-electron chi connectivity index (χ1n) is 9.22. The first kappa shape index (κ1) is 18.8. The second-order valence-electron chi connectivity index (χ2n) is 7.24. The Morgan fingerprint density at radius 3 is 2.58 bits per heavy atom. The molecule has 2 unspecified atom stereocenters. The molecular weight excluding hydrogens is 300 g/mol. The first-order valence-corrected chi connectivity index (χ1v) is 9.22. The van der Waals surface area contributed by atoms with Gasteiger partial charge in [-0.25, -0.2) is 4.79 Å². The van der Waals surface area contributed by atoms with Crippen molar-refractivity contribution in [3.8, 4) is 5.75 Å². The molecule has 0 aromatic heterocycles. The van der Waals surface area contributed by atoms with Crippen LogP contribution in [0.4, 0.5) is 4.79 Å². The van der Waals surface area contributed by atoms with Crippen LogP contribution in [-0.2, 0) is 0 Å². The van der Waals surface area contributed by atoms with Gasteiger partial charge in [0.05, 0.1) is 0 Å². The third-order valence-corrected chi connectivity index (χ3v) is 4.89. The van der Waals surface area contributed by atoms with Gasteiger partial charge in [-0.1, -0.05) is 26.0 Å². The third kappa shape index (κ3) is 5.23. The SMILES string of the molecule is CCC(c1cccc(OC(=O)N2CCCCC2)c1)C(C)CN(C)C. The van der Waals surface area contributed by atoms with Gasteiger partial charge in [0.25, 0.3) is 0 Å². The molecule has 1 aromatic rings. The fourth-order valence-electron chi connectivity index (χ4n) is 3.72. The molecule has 1 aliphatic heterocycles. The van der Waals surface area contributed by atoms with Crippen LogP contribution in [0.3, 0.4) is 0 Å². The van der Waals surface area contributed by atoms with Crippen molar-refractivity contribution in [1.82, 2.24) is 9.80 Å². The third-order valence-electron chi connectivity index (χ3n) is 4.89. The highest BCUT2D eigenvalue weighted by Gasteiger charge is 2.21. The van der Waals surface area contributed by atoms with Crippen molar-refractivity contribution < 1.29 is 9.53 Å². The Labute approximate surface area is 146 Å². The lowest BCUT2D eigenvalue weighted by molar-refractivity contribution is 0.142. The van der Waals surface area contributed by atoms with E-state index in [1.165, 1.54) is 12.0 Å². The highest BCUT2D eigenvalue weighted by Crippen LogP contribution is 2.30. The van der Waals surface area contributed by atoms with E-state index in [0.717, 1.165) is 38.9 Å². The second-order valence-corrected chi connectivity index (χ2v) is 7.24. The summed E-state index contributed by atoms with van der Waals surface area (Å²) in [4.78, 5) is 16.3. The molecule has 1 saturated heterocycles. The number of nitrogens with zero attached hydrogens (tertiary/aromatic N) is 2. The van der Waals surface area contributed by atoms with E-state index in [2.05, 4.69) is 38.9 Å². The van der Waals surface area contributed by atoms with Gasteiger partial charge < -0.3 is 14.5 Å². The number of hydrogen-bond donors (Lipinski definition) is 0. The lowest BCUT2D eigenvalue weighted by Gasteiger charge is -2.27. The number of carbonyl (C=O) groups is 1. The summed E-state index contributed by atoms with van der Waals surface area (Å²) in [5, 5.41) is 0. The molecule has 1 heterocycles. The van der Waals surface area contributed by atoms with Crippen molar-refractivity contribution in [3.63, 3.8) is 0 Å². The fraction of sp³-hybridized carbons (Fsp3) is 0.650. The number of ether oxygens (including phenoxy) is 1. The zero-order valence-corrected chi connectivity index (χ0v) is 15.6. The number of hydrogen-bond acceptors (Lipinski definition) is 3. The van der Waals surface area contributed by atoms with Gasteiger partial charge in [-0.15, -0.1) is 0 Å². The highest BCUT2D eigenvalue weighted by molar-refractivity contribution is 5.70. The van der Waals surface area contributed by atoms with Gasteiger partial charge in [0, 0.05) is 19.6 Å². The monoisotopic (exact) mass is 332 g/mol. The van der Waals surface area contributed by atoms with Gasteiger partial charge in [-0.3, -0.25) is 0 Å². The molecule has 0 aliphatic carbocycles. The molecule has 4 nitrogen and oxygen atoms in total. The summed E-state index contributed by atoms with van der Waals surface area (Å²) in [6.45, 7) is 7.20. The molecule has 2 atom stereocenters. The lowest BCUT2D eigenvalue weighted by Crippen LogP contribution is -2.37. The number of likely N-dealkylation sites (tertiary alicyclic amines) is 1. The van der Waals surface area contributed by atoms with Crippen molar-refractivity contribution in [2.75, 3.05) is 33.7 Å². The average Bonchev–Trinajstić information content (AvgIpc) is 2.56. The van der Waals surface area contributed by atoms with Crippen molar-refractivity contribution in [2.45, 2.75) is 45.4 Å². The van der Waals surface area contributed by atoms with Crippen molar-refractivity contribution in [3.05, 3.63) is 29.8 Å². The normalized spacial score (nSPS) is 17.6. The fourth-order valence-corrected chi connectivity index (χ4v) is 3.72. The quantitative estimate of drug-likeness (QED) is 0.776. The Bertz CT molecular complexity index is 524. The minimum atomic E-state index is -0.207. The van der Waals surface area contributed by atoms with Gasteiger partial charge in [-0.2, -0.15) is 0 Å². The topological polar surface area (TPSA) is 32.8 Å². The minimum Gasteiger partial charge on any atom is -0.410 e. The highest BCUT2D eigenvalue weighted by atomic mass is 16.6. The van der Waals surface area contributed by atoms with Crippen molar-refractivity contribution in [1.29, 1.82) is 0 Å². The maximum absolute atomic E-state index is 12.3. The zero-order chi connectivity index (χ0) is 17.5. The summed E-state index contributed by atoms with van der Waals surface area (Å²) >= 11 is 0. The minimum absolute atomic E-state index is 0.207. The van der Waals surface area contributed by atoms with Gasteiger partial charge in [-0.05, 0) is 69.3 Å². The largest absolute Gasteiger partial charge is 0.415 e. The predicted molar refractivity (Wildman–Crippen MR) is 98.6 cm³/mol. The molecule has 0 spiro atoms. The van der Waals surface area contributed by atoms with E-state index in [9.17, 15) is 4.79 Å². The molecule has 1 aromatic carbocycles. The van der Waals surface area contributed by atoms with Crippen LogP contribution in [0.25, 0.3) is 0 Å². The maximum Gasteiger partial charge on any atom is 0.415 e. The van der Waals surface area contributed by atoms with Crippen LogP contribution in [0.2, 0.25) is 0 Å². The molecular formula is C20H32N2O2. The molecule has 0 saturated carbocycles. The Morgan fingerprint density at radius 1 is 1.25 bits per heavy atom. The second kappa shape index (κ2) is 9.07. The van der Waals surface area contributed by atoms with Gasteiger partial charge in [0.2, 0.25) is 0 Å². The predicted octanol–water partition coefficient (Wildman–Crippen LogP) is 4.36. The van der Waals surface area contributed by atoms with E-state index in [1.807, 2.05) is 23.1 Å². The van der Waals surface area contributed by atoms with Crippen LogP contribution < -0.4 is 4.74 Å². The maximum atomic E-state index is 12.3. The van der Waals surface area contributed by atoms with Gasteiger partial charge in [0.15, 0.2) is 0 Å². The van der Waals surface area contributed by atoms with Crippen LogP contribution in [0.1, 0.15) is 51.0 Å². The zero-order valence-electron chi connectivity index (χ0n) is 15.6. The molecule has 0 N–H and O–H groups in total. The number of amides is 1. The average molecular weight is 332 g/mol. The molecule has 2 rings (SSSR count). The van der Waals surface area contributed by atoms with E-state index in [0.29, 0.717) is 17.6 Å². The summed E-state index contributed by atoms with van der Waals surface area (Å²) in [5.41, 5.74) is 1.26. The Hall–Kier alpha value is -1.55. The van der Waals surface area contributed by atoms with E-state index >= 15 is 0 Å². The summed E-state index contributed by atoms with van der Waals surface area (Å²) in [7, 11) is 4.22. The van der Waals surface area contributed by atoms with Crippen molar-refractivity contribution >= 4 is 6.09 Å². The van der Waals surface area contributed by atoms with Crippen LogP contribution in [-0.4, -0.2) is 49.6 Å². The Balaban J connectivity index is 2.05. The lowest BCUT2D eigenvalue weighted by atomic mass is 9.85. The number of rotatable bonds is 6. The first-order chi connectivity index (χ1) is 11.5. The molecule has 1 amide bonds.